The number of alkyl carbamates (subject to hydrolysis) is 1. The number of carbonyl (C=O) groups is 1. The molecule has 0 atom stereocenters. The Morgan fingerprint density at radius 2 is 2.25 bits per heavy atom. The van der Waals surface area contributed by atoms with Crippen molar-refractivity contribution in [2.45, 2.75) is 32.9 Å². The molecule has 0 fully saturated rings. The Labute approximate surface area is 94.2 Å². The molecule has 88 valence electrons. The maximum absolute atomic E-state index is 11.3. The number of amides is 1. The van der Waals surface area contributed by atoms with Crippen molar-refractivity contribution >= 4 is 11.9 Å². The van der Waals surface area contributed by atoms with Crippen LogP contribution in [0.3, 0.4) is 0 Å². The van der Waals surface area contributed by atoms with Gasteiger partial charge in [-0.2, -0.15) is 0 Å². The van der Waals surface area contributed by atoms with Crippen molar-refractivity contribution in [3.63, 3.8) is 0 Å². The molecule has 1 heterocycles. The van der Waals surface area contributed by atoms with Crippen molar-refractivity contribution < 1.29 is 9.53 Å². The molecule has 6 heteroatoms. The summed E-state index contributed by atoms with van der Waals surface area (Å²) in [5.41, 5.74) is 4.96. The van der Waals surface area contributed by atoms with E-state index in [2.05, 4.69) is 15.3 Å². The van der Waals surface area contributed by atoms with Gasteiger partial charge in [-0.3, -0.25) is 0 Å². The Balaban J connectivity index is 2.43. The van der Waals surface area contributed by atoms with Crippen LogP contribution in [0.4, 0.5) is 10.6 Å². The number of nitrogens with one attached hydrogen (secondary N) is 1. The van der Waals surface area contributed by atoms with Crippen molar-refractivity contribution in [1.29, 1.82) is 0 Å². The first-order valence-electron chi connectivity index (χ1n) is 4.91. The third-order valence-corrected chi connectivity index (χ3v) is 1.52. The lowest BCUT2D eigenvalue weighted by Gasteiger charge is -2.19. The molecule has 1 amide bonds. The Kier molecular flexibility index (Phi) is 3.65. The highest BCUT2D eigenvalue weighted by Crippen LogP contribution is 2.06. The monoisotopic (exact) mass is 224 g/mol. The SMILES string of the molecule is CC(C)(C)OC(=O)NCc1nccc(N)n1. The average molecular weight is 224 g/mol. The highest BCUT2D eigenvalue weighted by atomic mass is 16.6. The Morgan fingerprint density at radius 1 is 1.56 bits per heavy atom. The van der Waals surface area contributed by atoms with E-state index in [1.165, 1.54) is 6.20 Å². The second-order valence-corrected chi connectivity index (χ2v) is 4.25. The average Bonchev–Trinajstić information content (AvgIpc) is 2.12. The van der Waals surface area contributed by atoms with Gasteiger partial charge in [0.2, 0.25) is 0 Å². The second kappa shape index (κ2) is 4.78. The summed E-state index contributed by atoms with van der Waals surface area (Å²) in [7, 11) is 0. The fourth-order valence-electron chi connectivity index (χ4n) is 0.965. The van der Waals surface area contributed by atoms with E-state index in [4.69, 9.17) is 10.5 Å². The van der Waals surface area contributed by atoms with E-state index in [0.717, 1.165) is 0 Å². The number of ether oxygens (including phenoxy) is 1. The summed E-state index contributed by atoms with van der Waals surface area (Å²) in [6.07, 6.45) is 1.03. The molecule has 0 aromatic carbocycles. The molecule has 1 rings (SSSR count). The first-order valence-corrected chi connectivity index (χ1v) is 4.91. The lowest BCUT2D eigenvalue weighted by molar-refractivity contribution is 0.0522. The summed E-state index contributed by atoms with van der Waals surface area (Å²) >= 11 is 0. The summed E-state index contributed by atoms with van der Waals surface area (Å²) in [6, 6.07) is 1.58. The molecule has 0 aliphatic heterocycles. The van der Waals surface area contributed by atoms with Gasteiger partial charge in [-0.1, -0.05) is 0 Å². The Bertz CT molecular complexity index is 373. The summed E-state index contributed by atoms with van der Waals surface area (Å²) in [4.78, 5) is 19.2. The minimum atomic E-state index is -0.513. The minimum Gasteiger partial charge on any atom is -0.444 e. The van der Waals surface area contributed by atoms with Crippen LogP contribution in [0.5, 0.6) is 0 Å². The summed E-state index contributed by atoms with van der Waals surface area (Å²) in [6.45, 7) is 5.58. The zero-order chi connectivity index (χ0) is 12.2. The molecule has 6 nitrogen and oxygen atoms in total. The van der Waals surface area contributed by atoms with E-state index in [1.54, 1.807) is 26.8 Å². The number of nitrogen functional groups attached to an aromatic ring is 1. The molecule has 0 aliphatic carbocycles. The zero-order valence-electron chi connectivity index (χ0n) is 9.65. The first-order chi connectivity index (χ1) is 7.37. The minimum absolute atomic E-state index is 0.194. The van der Waals surface area contributed by atoms with Crippen LogP contribution >= 0.6 is 0 Å². The second-order valence-electron chi connectivity index (χ2n) is 4.25. The molecule has 1 aromatic rings. The summed E-state index contributed by atoms with van der Waals surface area (Å²) in [5.74, 6) is 0.821. The molecular formula is C10H16N4O2. The lowest BCUT2D eigenvalue weighted by Crippen LogP contribution is -2.32. The van der Waals surface area contributed by atoms with Crippen molar-refractivity contribution in [2.24, 2.45) is 0 Å². The molecule has 0 spiro atoms. The van der Waals surface area contributed by atoms with Gasteiger partial charge in [-0.25, -0.2) is 14.8 Å². The number of carbonyl (C=O) groups excluding carboxylic acids is 1. The van der Waals surface area contributed by atoms with Crippen molar-refractivity contribution in [3.05, 3.63) is 18.1 Å². The van der Waals surface area contributed by atoms with Crippen LogP contribution in [0.1, 0.15) is 26.6 Å². The molecule has 0 saturated heterocycles. The molecular weight excluding hydrogens is 208 g/mol. The third-order valence-electron chi connectivity index (χ3n) is 1.52. The van der Waals surface area contributed by atoms with E-state index in [1.807, 2.05) is 0 Å². The molecule has 0 unspecified atom stereocenters. The highest BCUT2D eigenvalue weighted by molar-refractivity contribution is 5.67. The number of hydrogen-bond donors (Lipinski definition) is 2. The van der Waals surface area contributed by atoms with Gasteiger partial charge in [0.25, 0.3) is 0 Å². The normalized spacial score (nSPS) is 10.9. The van der Waals surface area contributed by atoms with Gasteiger partial charge < -0.3 is 15.8 Å². The van der Waals surface area contributed by atoms with Crippen molar-refractivity contribution in [3.8, 4) is 0 Å². The van der Waals surface area contributed by atoms with E-state index in [9.17, 15) is 4.79 Å². The van der Waals surface area contributed by atoms with Gasteiger partial charge in [0.1, 0.15) is 17.2 Å². The van der Waals surface area contributed by atoms with Crippen molar-refractivity contribution in [1.82, 2.24) is 15.3 Å². The van der Waals surface area contributed by atoms with E-state index >= 15 is 0 Å². The fourth-order valence-corrected chi connectivity index (χ4v) is 0.965. The van der Waals surface area contributed by atoms with Gasteiger partial charge in [-0.05, 0) is 26.8 Å². The smallest absolute Gasteiger partial charge is 0.408 e. The van der Waals surface area contributed by atoms with Crippen molar-refractivity contribution in [2.75, 3.05) is 5.73 Å². The topological polar surface area (TPSA) is 90.1 Å². The number of aromatic nitrogens is 2. The Hall–Kier alpha value is -1.85. The maximum atomic E-state index is 11.3. The van der Waals surface area contributed by atoms with Crippen LogP contribution in [0, 0.1) is 0 Å². The first kappa shape index (κ1) is 12.2. The van der Waals surface area contributed by atoms with Crippen LogP contribution in [0.2, 0.25) is 0 Å². The number of hydrogen-bond acceptors (Lipinski definition) is 5. The van der Waals surface area contributed by atoms with Gasteiger partial charge in [-0.15, -0.1) is 0 Å². The predicted octanol–water partition coefficient (Wildman–Crippen LogP) is 1.08. The lowest BCUT2D eigenvalue weighted by atomic mass is 10.2. The molecule has 1 aromatic heterocycles. The maximum Gasteiger partial charge on any atom is 0.408 e. The predicted molar refractivity (Wildman–Crippen MR) is 59.5 cm³/mol. The molecule has 0 saturated carbocycles. The number of anilines is 1. The van der Waals surface area contributed by atoms with E-state index < -0.39 is 11.7 Å². The highest BCUT2D eigenvalue weighted by Gasteiger charge is 2.15. The molecule has 3 N–H and O–H groups in total. The van der Waals surface area contributed by atoms with Gasteiger partial charge in [0, 0.05) is 6.20 Å². The van der Waals surface area contributed by atoms with E-state index in [-0.39, 0.29) is 6.54 Å². The van der Waals surface area contributed by atoms with Crippen LogP contribution in [0.25, 0.3) is 0 Å². The van der Waals surface area contributed by atoms with Crippen LogP contribution < -0.4 is 11.1 Å². The number of rotatable bonds is 2. The van der Waals surface area contributed by atoms with Crippen LogP contribution in [-0.4, -0.2) is 21.7 Å². The number of nitrogens with zero attached hydrogens (tertiary/aromatic N) is 2. The largest absolute Gasteiger partial charge is 0.444 e. The standard InChI is InChI=1S/C10H16N4O2/c1-10(2,3)16-9(15)13-6-8-12-5-4-7(11)14-8/h4-5H,6H2,1-3H3,(H,13,15)(H2,11,12,14). The molecule has 16 heavy (non-hydrogen) atoms. The van der Waals surface area contributed by atoms with E-state index in [0.29, 0.717) is 11.6 Å². The quantitative estimate of drug-likeness (QED) is 0.784. The Morgan fingerprint density at radius 3 is 2.81 bits per heavy atom. The summed E-state index contributed by atoms with van der Waals surface area (Å²) in [5, 5.41) is 2.54. The van der Waals surface area contributed by atoms with Gasteiger partial charge in [0.05, 0.1) is 6.54 Å². The van der Waals surface area contributed by atoms with Gasteiger partial charge >= 0.3 is 6.09 Å². The third kappa shape index (κ3) is 4.59. The van der Waals surface area contributed by atoms with Gasteiger partial charge in [0.15, 0.2) is 0 Å². The molecule has 0 radical (unpaired) electrons. The molecule has 0 aliphatic rings. The number of nitrogens with two attached hydrogens (primary N) is 1. The zero-order valence-corrected chi connectivity index (χ0v) is 9.65. The fraction of sp³-hybridized carbons (Fsp3) is 0.500. The summed E-state index contributed by atoms with van der Waals surface area (Å²) < 4.78 is 5.05. The van der Waals surface area contributed by atoms with Crippen LogP contribution in [-0.2, 0) is 11.3 Å². The van der Waals surface area contributed by atoms with Crippen LogP contribution in [0.15, 0.2) is 12.3 Å². The molecule has 0 bridgehead atoms.